The Bertz CT molecular complexity index is 421. The molecule has 0 aliphatic carbocycles. The van der Waals surface area contributed by atoms with E-state index in [1.165, 1.54) is 12.0 Å². The smallest absolute Gasteiger partial charge is 0.248 e. The molecule has 1 fully saturated rings. The molecule has 0 N–H and O–H groups in total. The lowest BCUT2D eigenvalue weighted by Crippen LogP contribution is -2.46. The van der Waals surface area contributed by atoms with Gasteiger partial charge in [0.25, 0.3) is 0 Å². The molecule has 0 radical (unpaired) electrons. The molecule has 4 nitrogen and oxygen atoms in total. The van der Waals surface area contributed by atoms with E-state index in [4.69, 9.17) is 9.47 Å². The van der Waals surface area contributed by atoms with Gasteiger partial charge in [-0.2, -0.15) is 0 Å². The van der Waals surface area contributed by atoms with Crippen LogP contribution >= 0.6 is 0 Å². The van der Waals surface area contributed by atoms with Crippen LogP contribution in [0.3, 0.4) is 0 Å². The van der Waals surface area contributed by atoms with E-state index in [1.54, 1.807) is 7.11 Å². The zero-order valence-electron chi connectivity index (χ0n) is 12.8. The van der Waals surface area contributed by atoms with Gasteiger partial charge >= 0.3 is 0 Å². The van der Waals surface area contributed by atoms with Crippen LogP contribution in [0.1, 0.15) is 24.8 Å². The van der Waals surface area contributed by atoms with E-state index in [0.717, 1.165) is 25.8 Å². The van der Waals surface area contributed by atoms with Crippen molar-refractivity contribution >= 4 is 5.91 Å². The summed E-state index contributed by atoms with van der Waals surface area (Å²) >= 11 is 0. The highest BCUT2D eigenvalue weighted by Gasteiger charge is 2.26. The fourth-order valence-corrected chi connectivity index (χ4v) is 2.81. The van der Waals surface area contributed by atoms with Crippen molar-refractivity contribution in [3.05, 3.63) is 35.9 Å². The molecule has 116 valence electrons. The Hall–Kier alpha value is -1.39. The average Bonchev–Trinajstić information content (AvgIpc) is 2.53. The van der Waals surface area contributed by atoms with Crippen LogP contribution in [0.5, 0.6) is 0 Å². The molecule has 1 heterocycles. The predicted molar refractivity (Wildman–Crippen MR) is 82.2 cm³/mol. The van der Waals surface area contributed by atoms with Crippen molar-refractivity contribution in [2.45, 2.75) is 31.7 Å². The highest BCUT2D eigenvalue weighted by molar-refractivity contribution is 5.78. The third-order valence-electron chi connectivity index (χ3n) is 3.92. The molecule has 1 aliphatic heterocycles. The first-order chi connectivity index (χ1) is 10.3. The van der Waals surface area contributed by atoms with Crippen molar-refractivity contribution in [3.8, 4) is 0 Å². The van der Waals surface area contributed by atoms with Gasteiger partial charge in [-0.05, 0) is 31.2 Å². The highest BCUT2D eigenvalue weighted by Crippen LogP contribution is 2.21. The van der Waals surface area contributed by atoms with E-state index in [9.17, 15) is 4.79 Å². The van der Waals surface area contributed by atoms with Crippen LogP contribution in [0, 0.1) is 0 Å². The number of hydrogen-bond donors (Lipinski definition) is 0. The lowest BCUT2D eigenvalue weighted by molar-refractivity contribution is -0.140. The van der Waals surface area contributed by atoms with E-state index in [0.29, 0.717) is 19.3 Å². The maximum Gasteiger partial charge on any atom is 0.248 e. The summed E-state index contributed by atoms with van der Waals surface area (Å²) in [6.07, 6.45) is 4.31. The summed E-state index contributed by atoms with van der Waals surface area (Å²) in [5, 5.41) is 0. The van der Waals surface area contributed by atoms with Crippen LogP contribution in [-0.4, -0.2) is 50.3 Å². The number of hydrogen-bond acceptors (Lipinski definition) is 3. The molecule has 1 saturated heterocycles. The lowest BCUT2D eigenvalue weighted by Gasteiger charge is -2.36. The molecule has 21 heavy (non-hydrogen) atoms. The lowest BCUT2D eigenvalue weighted by atomic mass is 9.95. The summed E-state index contributed by atoms with van der Waals surface area (Å²) < 4.78 is 10.3. The standard InChI is InChI=1S/C17H25NO3/c1-20-11-12-21-14-17(19)18-10-6-5-9-16(18)13-15-7-3-2-4-8-15/h2-4,7-8,16H,5-6,9-14H2,1H3. The normalized spacial score (nSPS) is 18.7. The topological polar surface area (TPSA) is 38.8 Å². The summed E-state index contributed by atoms with van der Waals surface area (Å²) in [5.41, 5.74) is 1.29. The van der Waals surface area contributed by atoms with E-state index >= 15 is 0 Å². The molecular weight excluding hydrogens is 266 g/mol. The van der Waals surface area contributed by atoms with E-state index in [-0.39, 0.29) is 12.5 Å². The zero-order chi connectivity index (χ0) is 14.9. The van der Waals surface area contributed by atoms with Crippen LogP contribution in [0.15, 0.2) is 30.3 Å². The molecule has 0 bridgehead atoms. The Morgan fingerprint density at radius 1 is 1.24 bits per heavy atom. The van der Waals surface area contributed by atoms with E-state index < -0.39 is 0 Å². The summed E-state index contributed by atoms with van der Waals surface area (Å²) in [7, 11) is 1.63. The maximum atomic E-state index is 12.3. The summed E-state index contributed by atoms with van der Waals surface area (Å²) in [5.74, 6) is 0.103. The van der Waals surface area contributed by atoms with Crippen LogP contribution in [0.2, 0.25) is 0 Å². The predicted octanol–water partition coefficient (Wildman–Crippen LogP) is 2.27. The average molecular weight is 291 g/mol. The quantitative estimate of drug-likeness (QED) is 0.723. The van der Waals surface area contributed by atoms with Gasteiger partial charge in [0.05, 0.1) is 13.2 Å². The number of rotatable bonds is 7. The fraction of sp³-hybridized carbons (Fsp3) is 0.588. The molecule has 1 unspecified atom stereocenters. The molecule has 1 aliphatic rings. The molecule has 0 saturated carbocycles. The third kappa shape index (κ3) is 5.14. The second-order valence-electron chi connectivity index (χ2n) is 5.47. The Balaban J connectivity index is 1.87. The van der Waals surface area contributed by atoms with Crippen molar-refractivity contribution in [2.75, 3.05) is 33.5 Å². The van der Waals surface area contributed by atoms with Gasteiger partial charge in [-0.1, -0.05) is 30.3 Å². The van der Waals surface area contributed by atoms with Crippen LogP contribution < -0.4 is 0 Å². The first kappa shape index (κ1) is 16.0. The number of likely N-dealkylation sites (tertiary alicyclic amines) is 1. The second-order valence-corrected chi connectivity index (χ2v) is 5.47. The number of ether oxygens (including phenoxy) is 2. The molecule has 1 atom stereocenters. The zero-order valence-corrected chi connectivity index (χ0v) is 12.8. The fourth-order valence-electron chi connectivity index (χ4n) is 2.81. The molecule has 1 amide bonds. The van der Waals surface area contributed by atoms with Gasteiger partial charge in [-0.15, -0.1) is 0 Å². The van der Waals surface area contributed by atoms with Gasteiger partial charge in [0.15, 0.2) is 0 Å². The minimum absolute atomic E-state index is 0.103. The van der Waals surface area contributed by atoms with Crippen molar-refractivity contribution in [1.29, 1.82) is 0 Å². The molecule has 1 aromatic rings. The minimum atomic E-state index is 0.103. The SMILES string of the molecule is COCCOCC(=O)N1CCCCC1Cc1ccccc1. The number of carbonyl (C=O) groups excluding carboxylic acids is 1. The first-order valence-corrected chi connectivity index (χ1v) is 7.71. The van der Waals surface area contributed by atoms with Gasteiger partial charge in [0.2, 0.25) is 5.91 Å². The van der Waals surface area contributed by atoms with Gasteiger partial charge in [-0.25, -0.2) is 0 Å². The number of carbonyl (C=O) groups is 1. The number of methoxy groups -OCH3 is 1. The summed E-state index contributed by atoms with van der Waals surface area (Å²) in [6, 6.07) is 10.7. The van der Waals surface area contributed by atoms with E-state index in [2.05, 4.69) is 24.3 Å². The maximum absolute atomic E-state index is 12.3. The third-order valence-corrected chi connectivity index (χ3v) is 3.92. The van der Waals surface area contributed by atoms with Crippen LogP contribution in [-0.2, 0) is 20.7 Å². The van der Waals surface area contributed by atoms with Crippen molar-refractivity contribution in [3.63, 3.8) is 0 Å². The Morgan fingerprint density at radius 3 is 2.81 bits per heavy atom. The van der Waals surface area contributed by atoms with Gasteiger partial charge in [0.1, 0.15) is 6.61 Å². The number of piperidine rings is 1. The summed E-state index contributed by atoms with van der Waals surface area (Å²) in [4.78, 5) is 14.3. The number of amides is 1. The number of nitrogens with zero attached hydrogens (tertiary/aromatic N) is 1. The first-order valence-electron chi connectivity index (χ1n) is 7.71. The van der Waals surface area contributed by atoms with Gasteiger partial charge in [0, 0.05) is 19.7 Å². The Kier molecular flexibility index (Phi) is 6.70. The Labute approximate surface area is 127 Å². The van der Waals surface area contributed by atoms with Crippen molar-refractivity contribution < 1.29 is 14.3 Å². The second kappa shape index (κ2) is 8.80. The van der Waals surface area contributed by atoms with Crippen LogP contribution in [0.25, 0.3) is 0 Å². The van der Waals surface area contributed by atoms with Crippen molar-refractivity contribution in [2.24, 2.45) is 0 Å². The van der Waals surface area contributed by atoms with Crippen molar-refractivity contribution in [1.82, 2.24) is 4.90 Å². The molecular formula is C17H25NO3. The monoisotopic (exact) mass is 291 g/mol. The molecule has 0 aromatic heterocycles. The van der Waals surface area contributed by atoms with Gasteiger partial charge < -0.3 is 14.4 Å². The van der Waals surface area contributed by atoms with E-state index in [1.807, 2.05) is 11.0 Å². The summed E-state index contributed by atoms with van der Waals surface area (Å²) in [6.45, 7) is 2.01. The molecule has 0 spiro atoms. The largest absolute Gasteiger partial charge is 0.382 e. The van der Waals surface area contributed by atoms with Gasteiger partial charge in [-0.3, -0.25) is 4.79 Å². The minimum Gasteiger partial charge on any atom is -0.382 e. The molecule has 2 rings (SSSR count). The number of benzene rings is 1. The molecule has 4 heteroatoms. The molecule has 1 aromatic carbocycles. The Morgan fingerprint density at radius 2 is 2.05 bits per heavy atom. The highest BCUT2D eigenvalue weighted by atomic mass is 16.5. The van der Waals surface area contributed by atoms with Crippen LogP contribution in [0.4, 0.5) is 0 Å².